The summed E-state index contributed by atoms with van der Waals surface area (Å²) in [6.45, 7) is 0. The van der Waals surface area contributed by atoms with Crippen molar-refractivity contribution in [2.24, 2.45) is 0 Å². The second kappa shape index (κ2) is 12.8. The Labute approximate surface area is 151 Å². The molecule has 12 nitrogen and oxygen atoms in total. The van der Waals surface area contributed by atoms with Gasteiger partial charge in [-0.1, -0.05) is 0 Å². The summed E-state index contributed by atoms with van der Waals surface area (Å²) < 4.78 is 102. The molecule has 0 rings (SSSR count). The Morgan fingerprint density at radius 1 is 0.471 bits per heavy atom. The summed E-state index contributed by atoms with van der Waals surface area (Å²) in [6.07, 6.45) is 0. The van der Waals surface area contributed by atoms with Gasteiger partial charge >= 0.3 is 51.4 Å². The zero-order valence-corrected chi connectivity index (χ0v) is 14.5. The molecule has 0 aliphatic heterocycles. The van der Waals surface area contributed by atoms with Crippen molar-refractivity contribution >= 4 is 31.2 Å². The molecule has 0 aromatic carbocycles. The molecule has 0 bridgehead atoms. The quantitative estimate of drug-likeness (QED) is 0.217. The second-order valence-electron chi connectivity index (χ2n) is 1.22. The van der Waals surface area contributed by atoms with E-state index < -0.39 is 31.2 Å². The molecule has 0 saturated carbocycles. The van der Waals surface area contributed by atoms with Gasteiger partial charge in [-0.2, -0.15) is 0 Å². The third-order valence-corrected chi connectivity index (χ3v) is 0. The number of hydrogen-bond acceptors (Lipinski definition) is 12. The predicted octanol–water partition coefficient (Wildman–Crippen LogP) is -7.01. The van der Waals surface area contributed by atoms with Crippen LogP contribution in [-0.2, 0) is 49.8 Å². The molecule has 0 aliphatic rings. The van der Waals surface area contributed by atoms with Crippen LogP contribution >= 0.6 is 0 Å². The molecule has 0 fully saturated rings. The summed E-state index contributed by atoms with van der Waals surface area (Å²) in [5.41, 5.74) is 0. The minimum atomic E-state index is -5.17. The fourth-order valence-corrected chi connectivity index (χ4v) is 0. The third kappa shape index (κ3) is 1330. The smallest absolute Gasteiger partial charge is 0.759 e. The van der Waals surface area contributed by atoms with E-state index in [1.807, 2.05) is 0 Å². The fourth-order valence-electron chi connectivity index (χ4n) is 0. The van der Waals surface area contributed by atoms with Crippen LogP contribution in [0, 0.1) is 0 Å². The summed E-state index contributed by atoms with van der Waals surface area (Å²) in [5, 5.41) is 0. The third-order valence-electron chi connectivity index (χ3n) is 0. The maximum atomic E-state index is 8.52. The van der Waals surface area contributed by atoms with E-state index in [9.17, 15) is 0 Å². The molecule has 0 unspecified atom stereocenters. The van der Waals surface area contributed by atoms with Gasteiger partial charge in [0.25, 0.3) is 0 Å². The van der Waals surface area contributed by atoms with Crippen LogP contribution in [0.15, 0.2) is 0 Å². The first-order valence-electron chi connectivity index (χ1n) is 2.00. The van der Waals surface area contributed by atoms with E-state index in [0.717, 1.165) is 0 Å². The first kappa shape index (κ1) is 31.3. The Bertz CT molecular complexity index is 343. The van der Waals surface area contributed by atoms with E-state index in [-0.39, 0.29) is 69.9 Å². The summed E-state index contributed by atoms with van der Waals surface area (Å²) >= 11 is 0. The molecule has 0 aromatic heterocycles. The van der Waals surface area contributed by atoms with Gasteiger partial charge in [0.2, 0.25) is 0 Å². The van der Waals surface area contributed by atoms with Crippen molar-refractivity contribution in [3.8, 4) is 0 Å². The van der Waals surface area contributed by atoms with Gasteiger partial charge in [0.05, 0.1) is 0 Å². The minimum absolute atomic E-state index is 0. The number of hydrogen-bond donors (Lipinski definition) is 0. The molecule has 0 heterocycles. The van der Waals surface area contributed by atoms with Crippen molar-refractivity contribution in [2.45, 2.75) is 0 Å². The van der Waals surface area contributed by atoms with Crippen molar-refractivity contribution in [1.29, 1.82) is 0 Å². The molecule has 1 radical (unpaired) electrons. The van der Waals surface area contributed by atoms with E-state index in [2.05, 4.69) is 0 Å². The number of rotatable bonds is 0. The van der Waals surface area contributed by atoms with Crippen LogP contribution in [0.3, 0.4) is 0 Å². The Balaban J connectivity index is -0.0000000400. The van der Waals surface area contributed by atoms with Gasteiger partial charge in [-0.25, -0.2) is 0 Å². The van der Waals surface area contributed by atoms with E-state index in [4.69, 9.17) is 52.6 Å². The zero-order valence-electron chi connectivity index (χ0n) is 7.57. The fraction of sp³-hybridized carbons (Fsp3) is 0. The summed E-state index contributed by atoms with van der Waals surface area (Å²) in [4.78, 5) is 0. The predicted molar refractivity (Wildman–Crippen MR) is 31.4 cm³/mol. The van der Waals surface area contributed by atoms with Crippen LogP contribution in [0.2, 0.25) is 0 Å². The molecule has 0 atom stereocenters. The van der Waals surface area contributed by atoms with Gasteiger partial charge in [0, 0.05) is 49.8 Å². The standard InChI is InChI=1S/K.3H2O4S.V/c;3*1-5(2,3)4;/h;3*(H2,1,2,3,4);/q+1;;;;/p-6. The first-order chi connectivity index (χ1) is 6.00. The first-order valence-corrected chi connectivity index (χ1v) is 6.00. The summed E-state index contributed by atoms with van der Waals surface area (Å²) in [5.74, 6) is 0. The van der Waals surface area contributed by atoms with Gasteiger partial charge in [-0.05, 0) is 0 Å². The molecule has 0 saturated heterocycles. The van der Waals surface area contributed by atoms with Crippen LogP contribution in [0.5, 0.6) is 0 Å². The average molecular weight is 378 g/mol. The van der Waals surface area contributed by atoms with E-state index in [1.54, 1.807) is 0 Å². The second-order valence-corrected chi connectivity index (χ2v) is 3.67. The molecule has 0 aliphatic carbocycles. The molecule has 0 spiro atoms. The normalized spacial score (nSPS) is 10.2. The van der Waals surface area contributed by atoms with Crippen molar-refractivity contribution in [3.05, 3.63) is 0 Å². The van der Waals surface area contributed by atoms with Gasteiger partial charge in [0.15, 0.2) is 0 Å². The Hall–Kier alpha value is 1.83. The van der Waals surface area contributed by atoms with Crippen molar-refractivity contribution in [1.82, 2.24) is 0 Å². The summed E-state index contributed by atoms with van der Waals surface area (Å²) in [6, 6.07) is 0. The molecule has 0 N–H and O–H groups in total. The monoisotopic (exact) mass is 378 g/mol. The molecule has 0 amide bonds. The molecular formula is KO12S3V-5. The van der Waals surface area contributed by atoms with E-state index in [0.29, 0.717) is 0 Å². The zero-order chi connectivity index (χ0) is 13.5. The molecular weight excluding hydrogens is 378 g/mol. The van der Waals surface area contributed by atoms with Crippen LogP contribution < -0.4 is 51.4 Å². The molecule has 101 valence electrons. The topological polar surface area (TPSA) is 241 Å². The van der Waals surface area contributed by atoms with Gasteiger partial charge in [-0.15, -0.1) is 0 Å². The molecule has 17 heavy (non-hydrogen) atoms. The van der Waals surface area contributed by atoms with Crippen LogP contribution in [-0.4, -0.2) is 52.6 Å². The Morgan fingerprint density at radius 3 is 0.471 bits per heavy atom. The Morgan fingerprint density at radius 2 is 0.471 bits per heavy atom. The van der Waals surface area contributed by atoms with Gasteiger partial charge in [0.1, 0.15) is 0 Å². The largest absolute Gasteiger partial charge is 1.00 e. The maximum absolute atomic E-state index is 8.52. The van der Waals surface area contributed by atoms with Crippen LogP contribution in [0.25, 0.3) is 0 Å². The summed E-state index contributed by atoms with van der Waals surface area (Å²) in [7, 11) is -15.5. The SMILES string of the molecule is O=S(=O)([O-])[O-].O=S(=O)([O-])[O-].O=S(=O)([O-])[O-].[K+].[V]. The molecule has 0 aromatic rings. The van der Waals surface area contributed by atoms with Crippen LogP contribution in [0.1, 0.15) is 0 Å². The van der Waals surface area contributed by atoms with Crippen molar-refractivity contribution in [3.63, 3.8) is 0 Å². The molecule has 17 heteroatoms. The van der Waals surface area contributed by atoms with Crippen molar-refractivity contribution < 1.29 is 123 Å². The van der Waals surface area contributed by atoms with Crippen molar-refractivity contribution in [2.75, 3.05) is 0 Å². The minimum Gasteiger partial charge on any atom is -0.759 e. The maximum Gasteiger partial charge on any atom is 1.00 e. The van der Waals surface area contributed by atoms with Crippen LogP contribution in [0.4, 0.5) is 0 Å². The van der Waals surface area contributed by atoms with Gasteiger partial charge in [-0.3, -0.25) is 25.3 Å². The van der Waals surface area contributed by atoms with E-state index in [1.165, 1.54) is 0 Å². The van der Waals surface area contributed by atoms with E-state index >= 15 is 0 Å². The Kier molecular flexibility index (Phi) is 23.6. The van der Waals surface area contributed by atoms with Gasteiger partial charge < -0.3 is 27.3 Å². The average Bonchev–Trinajstić information content (AvgIpc) is 1.41.